The molecule has 1 aliphatic heterocycles. The summed E-state index contributed by atoms with van der Waals surface area (Å²) in [6.07, 6.45) is 11.2. The largest absolute Gasteiger partial charge is 0.497 e. The zero-order valence-electron chi connectivity index (χ0n) is 27.9. The molecular weight excluding hydrogens is 598 g/mol. The number of aromatic nitrogens is 4. The third kappa shape index (κ3) is 9.87. The Kier molecular flexibility index (Phi) is 12.4. The van der Waals surface area contributed by atoms with Crippen molar-refractivity contribution in [1.82, 2.24) is 30.5 Å². The van der Waals surface area contributed by atoms with Crippen LogP contribution in [0.3, 0.4) is 0 Å². The van der Waals surface area contributed by atoms with Gasteiger partial charge in [0.2, 0.25) is 5.91 Å². The third-order valence-corrected chi connectivity index (χ3v) is 8.04. The summed E-state index contributed by atoms with van der Waals surface area (Å²) in [6, 6.07) is 12.4. The Morgan fingerprint density at radius 2 is 1.85 bits per heavy atom. The number of hydroxylamine groups is 1. The predicted molar refractivity (Wildman–Crippen MR) is 182 cm³/mol. The number of anilines is 2. The summed E-state index contributed by atoms with van der Waals surface area (Å²) in [5.41, 5.74) is 7.74. The summed E-state index contributed by atoms with van der Waals surface area (Å²) in [7, 11) is 3.31. The summed E-state index contributed by atoms with van der Waals surface area (Å²) in [4.78, 5) is 29.4. The smallest absolute Gasteiger partial charge is 0.243 e. The highest BCUT2D eigenvalue weighted by molar-refractivity contribution is 5.82. The number of carbonyl (C=O) groups excluding carboxylic acids is 1. The zero-order chi connectivity index (χ0) is 33.0. The molecule has 2 aromatic carbocycles. The molecule has 0 aliphatic carbocycles. The fraction of sp³-hybridized carbons (Fsp3) is 0.486. The topological polar surface area (TPSA) is 125 Å². The van der Waals surface area contributed by atoms with Crippen LogP contribution in [0.5, 0.6) is 11.5 Å². The number of amides is 1. The molecule has 0 radical (unpaired) electrons. The lowest BCUT2D eigenvalue weighted by atomic mass is 10.2. The Morgan fingerprint density at radius 3 is 2.60 bits per heavy atom. The first-order chi connectivity index (χ1) is 22.9. The molecule has 12 heteroatoms. The number of nitrogens with one attached hydrogen (secondary N) is 2. The van der Waals surface area contributed by atoms with Crippen LogP contribution in [0.4, 0.5) is 11.4 Å². The summed E-state index contributed by atoms with van der Waals surface area (Å²) in [5, 5.41) is 8.07. The first-order valence-corrected chi connectivity index (χ1v) is 16.5. The van der Waals surface area contributed by atoms with Crippen LogP contribution >= 0.6 is 0 Å². The monoisotopic (exact) mass is 645 g/mol. The molecule has 1 amide bonds. The average molecular weight is 646 g/mol. The fourth-order valence-corrected chi connectivity index (χ4v) is 5.47. The Hall–Kier alpha value is -4.26. The number of hydrogen-bond acceptors (Lipinski definition) is 10. The van der Waals surface area contributed by atoms with Gasteiger partial charge in [0.1, 0.15) is 11.5 Å². The van der Waals surface area contributed by atoms with Gasteiger partial charge >= 0.3 is 0 Å². The second-order valence-corrected chi connectivity index (χ2v) is 12.0. The second kappa shape index (κ2) is 17.1. The number of carbonyl (C=O) groups is 1. The van der Waals surface area contributed by atoms with Crippen LogP contribution in [0, 0.1) is 0 Å². The van der Waals surface area contributed by atoms with E-state index in [1.54, 1.807) is 20.4 Å². The first-order valence-electron chi connectivity index (χ1n) is 16.5. The average Bonchev–Trinajstić information content (AvgIpc) is 3.57. The van der Waals surface area contributed by atoms with Gasteiger partial charge in [0.05, 0.1) is 43.3 Å². The Bertz CT molecular complexity index is 1570. The van der Waals surface area contributed by atoms with Crippen LogP contribution in [-0.4, -0.2) is 71.9 Å². The van der Waals surface area contributed by atoms with E-state index in [0.29, 0.717) is 19.1 Å². The molecule has 1 unspecified atom stereocenters. The number of benzene rings is 2. The lowest BCUT2D eigenvalue weighted by Crippen LogP contribution is -2.32. The van der Waals surface area contributed by atoms with Crippen molar-refractivity contribution in [3.05, 3.63) is 55.0 Å². The summed E-state index contributed by atoms with van der Waals surface area (Å²) in [5.74, 6) is 1.33. The normalized spacial score (nSPS) is 14.8. The van der Waals surface area contributed by atoms with Crippen molar-refractivity contribution < 1.29 is 23.8 Å². The van der Waals surface area contributed by atoms with Crippen LogP contribution in [0.2, 0.25) is 0 Å². The first kappa shape index (κ1) is 34.1. The zero-order valence-corrected chi connectivity index (χ0v) is 27.9. The summed E-state index contributed by atoms with van der Waals surface area (Å²) in [6.45, 7) is 7.23. The van der Waals surface area contributed by atoms with E-state index < -0.39 is 0 Å². The van der Waals surface area contributed by atoms with Crippen LogP contribution in [0.25, 0.3) is 22.3 Å². The summed E-state index contributed by atoms with van der Waals surface area (Å²) < 4.78 is 18.5. The number of rotatable bonds is 17. The Morgan fingerprint density at radius 1 is 1.02 bits per heavy atom. The molecule has 1 fully saturated rings. The van der Waals surface area contributed by atoms with Gasteiger partial charge in [0.25, 0.3) is 0 Å². The standard InChI is InChI=1S/C35H47N7O5/c1-25(2)36-14-16-42(28-18-29(44-3)21-30(19-28)45-4)27-12-13-31-32(20-27)39-33(23-37-31)26-22-38-41(24-26)15-8-5-6-10-34(43)40-47-35-11-7-9-17-46-35/h12-13,18-25,35-36H,5-11,14-17H2,1-4H3,(H,40,43). The molecule has 1 saturated heterocycles. The highest BCUT2D eigenvalue weighted by Crippen LogP contribution is 2.34. The number of ether oxygens (including phenoxy) is 3. The van der Waals surface area contributed by atoms with Gasteiger partial charge in [-0.15, -0.1) is 0 Å². The Balaban J connectivity index is 1.21. The molecule has 252 valence electrons. The van der Waals surface area contributed by atoms with Gasteiger partial charge in [0, 0.05) is 86.5 Å². The molecule has 2 N–H and O–H groups in total. The Labute approximate surface area is 276 Å². The summed E-state index contributed by atoms with van der Waals surface area (Å²) >= 11 is 0. The molecule has 1 aliphatic rings. The second-order valence-electron chi connectivity index (χ2n) is 12.0. The maximum Gasteiger partial charge on any atom is 0.243 e. The molecule has 3 heterocycles. The lowest BCUT2D eigenvalue weighted by molar-refractivity contribution is -0.200. The van der Waals surface area contributed by atoms with Crippen molar-refractivity contribution in [1.29, 1.82) is 0 Å². The number of hydrogen-bond donors (Lipinski definition) is 2. The van der Waals surface area contributed by atoms with Gasteiger partial charge in [-0.1, -0.05) is 20.3 Å². The molecule has 0 spiro atoms. The van der Waals surface area contributed by atoms with E-state index in [1.807, 2.05) is 41.3 Å². The van der Waals surface area contributed by atoms with E-state index in [-0.39, 0.29) is 12.2 Å². The van der Waals surface area contributed by atoms with Crippen LogP contribution < -0.4 is 25.2 Å². The lowest BCUT2D eigenvalue weighted by Gasteiger charge is -2.27. The van der Waals surface area contributed by atoms with Gasteiger partial charge in [0.15, 0.2) is 6.29 Å². The molecule has 5 rings (SSSR count). The SMILES string of the molecule is COc1cc(OC)cc(N(CCNC(C)C)c2ccc3ncc(-c4cnn(CCCCCC(=O)NOC5CCCCO5)c4)nc3c2)c1. The highest BCUT2D eigenvalue weighted by Gasteiger charge is 2.17. The van der Waals surface area contributed by atoms with Gasteiger partial charge in [-0.05, 0) is 43.9 Å². The van der Waals surface area contributed by atoms with Crippen molar-refractivity contribution in [2.75, 3.05) is 38.8 Å². The molecular formula is C35H47N7O5. The number of methoxy groups -OCH3 is 2. The van der Waals surface area contributed by atoms with Crippen molar-refractivity contribution >= 4 is 28.3 Å². The number of aryl methyl sites for hydroxylation is 1. The van der Waals surface area contributed by atoms with Gasteiger partial charge in [-0.25, -0.2) is 15.3 Å². The number of nitrogens with zero attached hydrogens (tertiary/aromatic N) is 5. The van der Waals surface area contributed by atoms with Crippen LogP contribution in [-0.2, 0) is 20.9 Å². The van der Waals surface area contributed by atoms with Crippen LogP contribution in [0.15, 0.2) is 55.0 Å². The minimum Gasteiger partial charge on any atom is -0.497 e. The maximum atomic E-state index is 12.1. The van der Waals surface area contributed by atoms with Crippen molar-refractivity contribution in [3.8, 4) is 22.8 Å². The quantitative estimate of drug-likeness (QED) is 0.108. The molecule has 12 nitrogen and oxygen atoms in total. The van der Waals surface area contributed by atoms with E-state index in [9.17, 15) is 4.79 Å². The van der Waals surface area contributed by atoms with Gasteiger partial charge in [-0.3, -0.25) is 14.5 Å². The third-order valence-electron chi connectivity index (χ3n) is 8.04. The maximum absolute atomic E-state index is 12.1. The molecule has 47 heavy (non-hydrogen) atoms. The van der Waals surface area contributed by atoms with Gasteiger partial charge < -0.3 is 24.4 Å². The van der Waals surface area contributed by atoms with E-state index in [2.05, 4.69) is 46.8 Å². The molecule has 1 atom stereocenters. The minimum atomic E-state index is -0.327. The molecule has 0 saturated carbocycles. The fourth-order valence-electron chi connectivity index (χ4n) is 5.47. The van der Waals surface area contributed by atoms with E-state index >= 15 is 0 Å². The van der Waals surface area contributed by atoms with E-state index in [4.69, 9.17) is 29.0 Å². The number of unbranched alkanes of at least 4 members (excludes halogenated alkanes) is 2. The van der Waals surface area contributed by atoms with Crippen molar-refractivity contribution in [3.63, 3.8) is 0 Å². The molecule has 4 aromatic rings. The predicted octanol–water partition coefficient (Wildman–Crippen LogP) is 5.78. The van der Waals surface area contributed by atoms with E-state index in [0.717, 1.165) is 103 Å². The number of fused-ring (bicyclic) bond motifs is 1. The van der Waals surface area contributed by atoms with E-state index in [1.165, 1.54) is 0 Å². The highest BCUT2D eigenvalue weighted by atomic mass is 16.8. The van der Waals surface area contributed by atoms with Crippen LogP contribution in [0.1, 0.15) is 58.8 Å². The van der Waals surface area contributed by atoms with Crippen molar-refractivity contribution in [2.45, 2.75) is 77.7 Å². The van der Waals surface area contributed by atoms with Crippen molar-refractivity contribution in [2.24, 2.45) is 0 Å². The molecule has 0 bridgehead atoms. The minimum absolute atomic E-state index is 0.114. The molecule has 2 aromatic heterocycles. The van der Waals surface area contributed by atoms with Gasteiger partial charge in [-0.2, -0.15) is 5.10 Å².